The van der Waals surface area contributed by atoms with Crippen LogP contribution in [0.2, 0.25) is 0 Å². The Balaban J connectivity index is 1.98. The highest BCUT2D eigenvalue weighted by molar-refractivity contribution is 9.10. The molecule has 3 rings (SSSR count). The molecule has 3 N–H and O–H groups in total. The summed E-state index contributed by atoms with van der Waals surface area (Å²) < 4.78 is 6.54. The lowest BCUT2D eigenvalue weighted by molar-refractivity contribution is -0.0794. The van der Waals surface area contributed by atoms with E-state index in [2.05, 4.69) is 46.1 Å². The van der Waals surface area contributed by atoms with Gasteiger partial charge in [-0.1, -0.05) is 29.8 Å². The number of nitrogens with two attached hydrogens (primary N) is 1. The average Bonchev–Trinajstić information content (AvgIpc) is 2.44. The Bertz CT molecular complexity index is 681. The number of rotatable bonds is 3. The lowest BCUT2D eigenvalue weighted by Crippen LogP contribution is -2.57. The van der Waals surface area contributed by atoms with Gasteiger partial charge in [0.25, 0.3) is 0 Å². The fraction of sp³-hybridized carbons (Fsp3) is 0.438. The zero-order valence-electron chi connectivity index (χ0n) is 12.5. The van der Waals surface area contributed by atoms with Crippen LogP contribution in [0.5, 0.6) is 0 Å². The van der Waals surface area contributed by atoms with Crippen molar-refractivity contribution in [3.8, 4) is 0 Å². The summed E-state index contributed by atoms with van der Waals surface area (Å²) in [5, 5.41) is 4.65. The van der Waals surface area contributed by atoms with Gasteiger partial charge in [-0.3, -0.25) is 4.98 Å². The lowest BCUT2D eigenvalue weighted by atomic mass is 9.64. The van der Waals surface area contributed by atoms with Gasteiger partial charge in [0.1, 0.15) is 0 Å². The van der Waals surface area contributed by atoms with Crippen LogP contribution < -0.4 is 11.1 Å². The monoisotopic (exact) mass is 349 g/mol. The number of methoxy groups -OCH3 is 1. The number of halogens is 1. The molecular formula is C16H20BrN3O. The SMILES string of the molecule is COC1CC(Nc2c(N)cnc3ccc(Br)cc23)C1(C)C. The molecule has 2 unspecified atom stereocenters. The van der Waals surface area contributed by atoms with E-state index in [1.165, 1.54) is 0 Å². The van der Waals surface area contributed by atoms with Crippen molar-refractivity contribution in [3.63, 3.8) is 0 Å². The predicted octanol–water partition coefficient (Wildman–Crippen LogP) is 3.80. The van der Waals surface area contributed by atoms with E-state index in [1.54, 1.807) is 13.3 Å². The van der Waals surface area contributed by atoms with Gasteiger partial charge in [-0.15, -0.1) is 0 Å². The van der Waals surface area contributed by atoms with Gasteiger partial charge >= 0.3 is 0 Å². The van der Waals surface area contributed by atoms with E-state index >= 15 is 0 Å². The molecule has 5 heteroatoms. The second kappa shape index (κ2) is 5.14. The predicted molar refractivity (Wildman–Crippen MR) is 90.5 cm³/mol. The van der Waals surface area contributed by atoms with Crippen molar-refractivity contribution >= 4 is 38.2 Å². The van der Waals surface area contributed by atoms with Crippen LogP contribution in [0.25, 0.3) is 10.9 Å². The molecule has 1 aromatic heterocycles. The van der Waals surface area contributed by atoms with Crippen molar-refractivity contribution in [2.24, 2.45) is 5.41 Å². The minimum absolute atomic E-state index is 0.0861. The molecule has 4 nitrogen and oxygen atoms in total. The molecule has 1 aliphatic carbocycles. The third-order valence-corrected chi connectivity index (χ3v) is 5.13. The van der Waals surface area contributed by atoms with Crippen molar-refractivity contribution in [2.75, 3.05) is 18.2 Å². The summed E-state index contributed by atoms with van der Waals surface area (Å²) in [6, 6.07) is 6.38. The Labute approximate surface area is 133 Å². The van der Waals surface area contributed by atoms with E-state index < -0.39 is 0 Å². The molecule has 0 aliphatic heterocycles. The smallest absolute Gasteiger partial charge is 0.0743 e. The van der Waals surface area contributed by atoms with Crippen LogP contribution in [0, 0.1) is 5.41 Å². The van der Waals surface area contributed by atoms with Crippen molar-refractivity contribution in [2.45, 2.75) is 32.4 Å². The molecule has 0 spiro atoms. The molecule has 0 bridgehead atoms. The molecule has 1 saturated carbocycles. The molecule has 1 aliphatic rings. The van der Waals surface area contributed by atoms with E-state index in [9.17, 15) is 0 Å². The maximum atomic E-state index is 6.15. The highest BCUT2D eigenvalue weighted by atomic mass is 79.9. The first kappa shape index (κ1) is 14.6. The van der Waals surface area contributed by atoms with E-state index in [4.69, 9.17) is 10.5 Å². The Morgan fingerprint density at radius 3 is 2.86 bits per heavy atom. The summed E-state index contributed by atoms with van der Waals surface area (Å²) in [6.07, 6.45) is 3.00. The Morgan fingerprint density at radius 1 is 1.43 bits per heavy atom. The summed E-state index contributed by atoms with van der Waals surface area (Å²) in [4.78, 5) is 4.39. The van der Waals surface area contributed by atoms with Crippen molar-refractivity contribution in [1.29, 1.82) is 0 Å². The molecule has 0 saturated heterocycles. The van der Waals surface area contributed by atoms with Crippen molar-refractivity contribution in [1.82, 2.24) is 4.98 Å². The first-order valence-corrected chi connectivity index (χ1v) is 7.86. The highest BCUT2D eigenvalue weighted by Gasteiger charge is 2.48. The lowest BCUT2D eigenvalue weighted by Gasteiger charge is -2.51. The maximum Gasteiger partial charge on any atom is 0.0743 e. The number of nitrogens with zero attached hydrogens (tertiary/aromatic N) is 1. The third kappa shape index (κ3) is 2.38. The standard InChI is InChI=1S/C16H20BrN3O/c1-16(2)13(7-14(16)21-3)20-15-10-6-9(17)4-5-12(10)19-8-11(15)18/h4-6,8,13-14H,7,18H2,1-3H3,(H,19,20). The number of pyridine rings is 1. The number of nitrogens with one attached hydrogen (secondary N) is 1. The molecule has 112 valence electrons. The molecule has 1 aromatic carbocycles. The first-order chi connectivity index (χ1) is 9.93. The average molecular weight is 350 g/mol. The summed E-state index contributed by atoms with van der Waals surface area (Å²) in [5.74, 6) is 0. The molecule has 2 aromatic rings. The summed E-state index contributed by atoms with van der Waals surface area (Å²) in [6.45, 7) is 4.44. The number of nitrogen functional groups attached to an aromatic ring is 1. The molecule has 21 heavy (non-hydrogen) atoms. The minimum Gasteiger partial charge on any atom is -0.396 e. The summed E-state index contributed by atoms with van der Waals surface area (Å²) in [5.41, 5.74) is 8.82. The van der Waals surface area contributed by atoms with Gasteiger partial charge in [-0.2, -0.15) is 0 Å². The van der Waals surface area contributed by atoms with E-state index in [1.807, 2.05) is 12.1 Å². The second-order valence-electron chi connectivity index (χ2n) is 6.23. The fourth-order valence-corrected chi connectivity index (χ4v) is 3.41. The fourth-order valence-electron chi connectivity index (χ4n) is 3.05. The number of anilines is 2. The highest BCUT2D eigenvalue weighted by Crippen LogP contribution is 2.45. The zero-order chi connectivity index (χ0) is 15.2. The van der Waals surface area contributed by atoms with Gasteiger partial charge in [-0.25, -0.2) is 0 Å². The molecule has 0 radical (unpaired) electrons. The molecule has 2 atom stereocenters. The van der Waals surface area contributed by atoms with Crippen LogP contribution in [0.1, 0.15) is 20.3 Å². The van der Waals surface area contributed by atoms with Crippen LogP contribution in [0.15, 0.2) is 28.9 Å². The first-order valence-electron chi connectivity index (χ1n) is 7.06. The number of benzene rings is 1. The van der Waals surface area contributed by atoms with Crippen LogP contribution in [0.4, 0.5) is 11.4 Å². The second-order valence-corrected chi connectivity index (χ2v) is 7.14. The van der Waals surface area contributed by atoms with Crippen molar-refractivity contribution in [3.05, 3.63) is 28.9 Å². The number of aromatic nitrogens is 1. The number of hydrogen-bond donors (Lipinski definition) is 2. The largest absolute Gasteiger partial charge is 0.396 e. The minimum atomic E-state index is 0.0861. The molecular weight excluding hydrogens is 330 g/mol. The van der Waals surface area contributed by atoms with Crippen LogP contribution in [-0.2, 0) is 4.74 Å². The van der Waals surface area contributed by atoms with Gasteiger partial charge in [-0.05, 0) is 24.6 Å². The molecule has 0 amide bonds. The van der Waals surface area contributed by atoms with Gasteiger partial charge in [0.15, 0.2) is 0 Å². The molecule has 1 fully saturated rings. The van der Waals surface area contributed by atoms with E-state index in [-0.39, 0.29) is 11.5 Å². The topological polar surface area (TPSA) is 60.2 Å². The van der Waals surface area contributed by atoms with E-state index in [0.29, 0.717) is 11.7 Å². The third-order valence-electron chi connectivity index (χ3n) is 4.64. The normalized spacial score (nSPS) is 23.8. The summed E-state index contributed by atoms with van der Waals surface area (Å²) in [7, 11) is 1.77. The van der Waals surface area contributed by atoms with E-state index in [0.717, 1.165) is 27.5 Å². The van der Waals surface area contributed by atoms with Crippen LogP contribution >= 0.6 is 15.9 Å². The van der Waals surface area contributed by atoms with Crippen LogP contribution in [0.3, 0.4) is 0 Å². The number of hydrogen-bond acceptors (Lipinski definition) is 4. The Kier molecular flexibility index (Phi) is 3.58. The zero-order valence-corrected chi connectivity index (χ0v) is 14.1. The Hall–Kier alpha value is -1.33. The van der Waals surface area contributed by atoms with Crippen LogP contribution in [-0.4, -0.2) is 24.2 Å². The van der Waals surface area contributed by atoms with Crippen molar-refractivity contribution < 1.29 is 4.74 Å². The van der Waals surface area contributed by atoms with Gasteiger partial charge in [0, 0.05) is 28.4 Å². The number of ether oxygens (including phenoxy) is 1. The van der Waals surface area contributed by atoms with Gasteiger partial charge in [0.2, 0.25) is 0 Å². The Morgan fingerprint density at radius 2 is 2.19 bits per heavy atom. The van der Waals surface area contributed by atoms with Gasteiger partial charge < -0.3 is 15.8 Å². The quantitative estimate of drug-likeness (QED) is 0.884. The molecule has 1 heterocycles. The number of fused-ring (bicyclic) bond motifs is 1. The summed E-state index contributed by atoms with van der Waals surface area (Å²) >= 11 is 3.52. The van der Waals surface area contributed by atoms with Gasteiger partial charge in [0.05, 0.1) is 29.2 Å². The maximum absolute atomic E-state index is 6.15.